The highest BCUT2D eigenvalue weighted by atomic mass is 19.1. The van der Waals surface area contributed by atoms with Crippen molar-refractivity contribution in [2.75, 3.05) is 0 Å². The summed E-state index contributed by atoms with van der Waals surface area (Å²) in [5, 5.41) is 2.90. The molecule has 1 amide bonds. The molecule has 4 rings (SSSR count). The van der Waals surface area contributed by atoms with Gasteiger partial charge >= 0.3 is 5.69 Å². The SMILES string of the molecule is O=C(Cn1c(=O)[nH]c2c(-c3ccccc3F)c[nH]c2c1=O)NC1CCCCC1. The van der Waals surface area contributed by atoms with Gasteiger partial charge in [0.1, 0.15) is 17.9 Å². The Hall–Kier alpha value is -3.16. The summed E-state index contributed by atoms with van der Waals surface area (Å²) in [5.41, 5.74) is -0.293. The van der Waals surface area contributed by atoms with Crippen molar-refractivity contribution < 1.29 is 9.18 Å². The zero-order valence-electron chi connectivity index (χ0n) is 15.3. The molecule has 1 aliphatic rings. The molecule has 1 fully saturated rings. The Morgan fingerprint density at radius 2 is 1.86 bits per heavy atom. The minimum Gasteiger partial charge on any atom is -0.355 e. The summed E-state index contributed by atoms with van der Waals surface area (Å²) in [6, 6.07) is 6.21. The Labute approximate surface area is 159 Å². The van der Waals surface area contributed by atoms with E-state index in [2.05, 4.69) is 15.3 Å². The van der Waals surface area contributed by atoms with Gasteiger partial charge in [-0.15, -0.1) is 0 Å². The predicted molar refractivity (Wildman–Crippen MR) is 104 cm³/mol. The third-order valence-electron chi connectivity index (χ3n) is 5.25. The van der Waals surface area contributed by atoms with Gasteiger partial charge in [-0.2, -0.15) is 0 Å². The van der Waals surface area contributed by atoms with Crippen molar-refractivity contribution in [3.63, 3.8) is 0 Å². The van der Waals surface area contributed by atoms with Gasteiger partial charge in [-0.05, 0) is 18.9 Å². The standard InChI is InChI=1S/C20H21FN4O3/c21-15-9-5-4-8-13(15)14-10-22-18-17(14)24-20(28)25(19(18)27)11-16(26)23-12-6-2-1-3-7-12/h4-5,8-10,12,22H,1-3,6-7,11H2,(H,23,26)(H,24,28). The number of carbonyl (C=O) groups excluding carboxylic acids is 1. The van der Waals surface area contributed by atoms with Crippen LogP contribution in [-0.4, -0.2) is 26.5 Å². The molecule has 146 valence electrons. The first-order valence-electron chi connectivity index (χ1n) is 9.43. The van der Waals surface area contributed by atoms with Gasteiger partial charge in [-0.3, -0.25) is 9.59 Å². The van der Waals surface area contributed by atoms with Gasteiger partial charge < -0.3 is 15.3 Å². The molecule has 1 aromatic carbocycles. The molecular weight excluding hydrogens is 363 g/mol. The number of fused-ring (bicyclic) bond motifs is 1. The molecule has 0 unspecified atom stereocenters. The number of nitrogens with one attached hydrogen (secondary N) is 3. The van der Waals surface area contributed by atoms with Crippen molar-refractivity contribution in [2.45, 2.75) is 44.7 Å². The molecule has 7 nitrogen and oxygen atoms in total. The van der Waals surface area contributed by atoms with E-state index in [9.17, 15) is 18.8 Å². The molecule has 1 aliphatic carbocycles. The lowest BCUT2D eigenvalue weighted by Crippen LogP contribution is -2.43. The number of H-pyrrole nitrogens is 2. The van der Waals surface area contributed by atoms with Gasteiger partial charge in [-0.1, -0.05) is 37.5 Å². The van der Waals surface area contributed by atoms with Crippen molar-refractivity contribution in [2.24, 2.45) is 0 Å². The van der Waals surface area contributed by atoms with Crippen molar-refractivity contribution in [3.05, 3.63) is 57.1 Å². The summed E-state index contributed by atoms with van der Waals surface area (Å²) in [5.74, 6) is -0.819. The topological polar surface area (TPSA) is 99.8 Å². The van der Waals surface area contributed by atoms with E-state index in [1.165, 1.54) is 18.7 Å². The van der Waals surface area contributed by atoms with Gasteiger partial charge in [0.05, 0.1) is 5.52 Å². The van der Waals surface area contributed by atoms with Crippen LogP contribution < -0.4 is 16.6 Å². The number of benzene rings is 1. The molecule has 2 heterocycles. The molecule has 3 aromatic rings. The summed E-state index contributed by atoms with van der Waals surface area (Å²) in [6.45, 7) is -0.353. The van der Waals surface area contributed by atoms with E-state index in [1.807, 2.05) is 0 Å². The Bertz CT molecular complexity index is 1140. The predicted octanol–water partition coefficient (Wildman–Crippen LogP) is 2.27. The molecule has 0 bridgehead atoms. The highest BCUT2D eigenvalue weighted by molar-refractivity contribution is 5.92. The molecule has 2 aromatic heterocycles. The van der Waals surface area contributed by atoms with Gasteiger partial charge in [0, 0.05) is 23.4 Å². The lowest BCUT2D eigenvalue weighted by Gasteiger charge is -2.22. The molecule has 0 atom stereocenters. The monoisotopic (exact) mass is 384 g/mol. The number of carbonyl (C=O) groups is 1. The van der Waals surface area contributed by atoms with Crippen LogP contribution >= 0.6 is 0 Å². The van der Waals surface area contributed by atoms with Crippen LogP contribution in [0.3, 0.4) is 0 Å². The number of rotatable bonds is 4. The summed E-state index contributed by atoms with van der Waals surface area (Å²) in [7, 11) is 0. The first-order chi connectivity index (χ1) is 13.5. The van der Waals surface area contributed by atoms with E-state index in [-0.39, 0.29) is 35.1 Å². The van der Waals surface area contributed by atoms with Crippen LogP contribution in [0.2, 0.25) is 0 Å². The number of amides is 1. The first kappa shape index (κ1) is 18.2. The largest absolute Gasteiger partial charge is 0.355 e. The molecular formula is C20H21FN4O3. The highest BCUT2D eigenvalue weighted by Crippen LogP contribution is 2.27. The van der Waals surface area contributed by atoms with Gasteiger partial charge in [-0.25, -0.2) is 13.8 Å². The number of nitrogens with zero attached hydrogens (tertiary/aromatic N) is 1. The minimum atomic E-state index is -0.700. The summed E-state index contributed by atoms with van der Waals surface area (Å²) in [4.78, 5) is 42.9. The van der Waals surface area contributed by atoms with Crippen molar-refractivity contribution in [1.29, 1.82) is 0 Å². The summed E-state index contributed by atoms with van der Waals surface area (Å²) < 4.78 is 15.0. The van der Waals surface area contributed by atoms with Crippen LogP contribution in [0.4, 0.5) is 4.39 Å². The Morgan fingerprint density at radius 3 is 2.61 bits per heavy atom. The van der Waals surface area contributed by atoms with E-state index in [1.54, 1.807) is 18.2 Å². The van der Waals surface area contributed by atoms with Crippen molar-refractivity contribution in [1.82, 2.24) is 19.9 Å². The highest BCUT2D eigenvalue weighted by Gasteiger charge is 2.19. The molecule has 8 heteroatoms. The Morgan fingerprint density at radius 1 is 1.11 bits per heavy atom. The molecule has 0 spiro atoms. The third-order valence-corrected chi connectivity index (χ3v) is 5.25. The molecule has 0 aliphatic heterocycles. The second kappa shape index (κ2) is 7.46. The van der Waals surface area contributed by atoms with Crippen LogP contribution in [0.25, 0.3) is 22.2 Å². The average Bonchev–Trinajstić information content (AvgIpc) is 3.10. The van der Waals surface area contributed by atoms with E-state index in [0.717, 1.165) is 30.3 Å². The Kier molecular flexibility index (Phi) is 4.85. The quantitative estimate of drug-likeness (QED) is 0.643. The van der Waals surface area contributed by atoms with Gasteiger partial charge in [0.25, 0.3) is 5.56 Å². The van der Waals surface area contributed by atoms with Crippen LogP contribution in [0.15, 0.2) is 40.1 Å². The fraction of sp³-hybridized carbons (Fsp3) is 0.350. The van der Waals surface area contributed by atoms with E-state index in [0.29, 0.717) is 5.56 Å². The maximum Gasteiger partial charge on any atom is 0.329 e. The van der Waals surface area contributed by atoms with Crippen molar-refractivity contribution >= 4 is 16.9 Å². The maximum atomic E-state index is 14.1. The van der Waals surface area contributed by atoms with E-state index < -0.39 is 17.1 Å². The molecule has 28 heavy (non-hydrogen) atoms. The third kappa shape index (κ3) is 3.37. The minimum absolute atomic E-state index is 0.0953. The van der Waals surface area contributed by atoms with Crippen LogP contribution in [0, 0.1) is 5.82 Å². The van der Waals surface area contributed by atoms with Crippen LogP contribution in [0.5, 0.6) is 0 Å². The number of hydrogen-bond donors (Lipinski definition) is 3. The lowest BCUT2D eigenvalue weighted by molar-refractivity contribution is -0.122. The molecule has 0 radical (unpaired) electrons. The number of halogens is 1. The normalized spacial score (nSPS) is 15.0. The number of aromatic amines is 2. The van der Waals surface area contributed by atoms with E-state index >= 15 is 0 Å². The fourth-order valence-electron chi connectivity index (χ4n) is 3.82. The van der Waals surface area contributed by atoms with Gasteiger partial charge in [0.15, 0.2) is 0 Å². The number of aromatic nitrogens is 3. The summed E-state index contributed by atoms with van der Waals surface area (Å²) in [6.07, 6.45) is 6.61. The first-order valence-corrected chi connectivity index (χ1v) is 9.43. The van der Waals surface area contributed by atoms with E-state index in [4.69, 9.17) is 0 Å². The fourth-order valence-corrected chi connectivity index (χ4v) is 3.82. The van der Waals surface area contributed by atoms with Gasteiger partial charge in [0.2, 0.25) is 5.91 Å². The second-order valence-corrected chi connectivity index (χ2v) is 7.16. The zero-order valence-corrected chi connectivity index (χ0v) is 15.3. The Balaban J connectivity index is 1.66. The maximum absolute atomic E-state index is 14.1. The van der Waals surface area contributed by atoms with Crippen LogP contribution in [0.1, 0.15) is 32.1 Å². The number of hydrogen-bond acceptors (Lipinski definition) is 3. The zero-order chi connectivity index (χ0) is 19.7. The average molecular weight is 384 g/mol. The molecule has 0 saturated heterocycles. The smallest absolute Gasteiger partial charge is 0.329 e. The lowest BCUT2D eigenvalue weighted by atomic mass is 9.95. The van der Waals surface area contributed by atoms with Crippen LogP contribution in [-0.2, 0) is 11.3 Å². The molecule has 1 saturated carbocycles. The second-order valence-electron chi connectivity index (χ2n) is 7.16. The van der Waals surface area contributed by atoms with Crippen molar-refractivity contribution in [3.8, 4) is 11.1 Å². The summed E-state index contributed by atoms with van der Waals surface area (Å²) >= 11 is 0. The molecule has 3 N–H and O–H groups in total.